The van der Waals surface area contributed by atoms with Crippen LogP contribution < -0.4 is 19.7 Å². The van der Waals surface area contributed by atoms with Crippen LogP contribution in [0.25, 0.3) is 0 Å². The summed E-state index contributed by atoms with van der Waals surface area (Å²) < 4.78 is 10.6. The number of para-hydroxylation sites is 1. The van der Waals surface area contributed by atoms with Crippen molar-refractivity contribution in [2.75, 3.05) is 24.4 Å². The van der Waals surface area contributed by atoms with Gasteiger partial charge in [0.25, 0.3) is 5.91 Å². The summed E-state index contributed by atoms with van der Waals surface area (Å²) in [6.45, 7) is 0. The Morgan fingerprint density at radius 1 is 0.933 bits per heavy atom. The van der Waals surface area contributed by atoms with Crippen molar-refractivity contribution < 1.29 is 19.1 Å². The molecule has 152 valence electrons. The fourth-order valence-corrected chi connectivity index (χ4v) is 3.69. The van der Waals surface area contributed by atoms with E-state index in [1.165, 1.54) is 7.11 Å². The number of nitrogens with one attached hydrogen (secondary N) is 1. The van der Waals surface area contributed by atoms with Gasteiger partial charge >= 0.3 is 0 Å². The molecule has 6 heteroatoms. The maximum atomic E-state index is 13.3. The van der Waals surface area contributed by atoms with E-state index in [0.29, 0.717) is 29.2 Å². The zero-order valence-electron chi connectivity index (χ0n) is 16.8. The summed E-state index contributed by atoms with van der Waals surface area (Å²) in [5.74, 6) is 0.610. The van der Waals surface area contributed by atoms with Gasteiger partial charge in [-0.2, -0.15) is 0 Å². The van der Waals surface area contributed by atoms with Crippen LogP contribution in [0.3, 0.4) is 0 Å². The molecular weight excluding hydrogens is 380 g/mol. The molecule has 1 atom stereocenters. The van der Waals surface area contributed by atoms with E-state index < -0.39 is 6.04 Å². The molecule has 0 radical (unpaired) electrons. The molecule has 3 aromatic rings. The summed E-state index contributed by atoms with van der Waals surface area (Å²) in [4.78, 5) is 28.2. The molecule has 2 amide bonds. The maximum Gasteiger partial charge on any atom is 0.259 e. The first-order chi connectivity index (χ1) is 14.6. The van der Waals surface area contributed by atoms with Crippen molar-refractivity contribution in [3.8, 4) is 11.5 Å². The van der Waals surface area contributed by atoms with E-state index in [-0.39, 0.29) is 11.8 Å². The summed E-state index contributed by atoms with van der Waals surface area (Å²) >= 11 is 0. The van der Waals surface area contributed by atoms with Gasteiger partial charge in [-0.05, 0) is 35.9 Å². The normalized spacial score (nSPS) is 14.7. The lowest BCUT2D eigenvalue weighted by Gasteiger charge is -2.25. The number of hydrogen-bond donors (Lipinski definition) is 1. The van der Waals surface area contributed by atoms with Crippen LogP contribution in [-0.4, -0.2) is 32.1 Å². The molecule has 1 aliphatic heterocycles. The molecule has 1 heterocycles. The zero-order chi connectivity index (χ0) is 21.1. The van der Waals surface area contributed by atoms with E-state index in [1.54, 1.807) is 42.3 Å². The topological polar surface area (TPSA) is 67.9 Å². The number of methoxy groups -OCH3 is 2. The van der Waals surface area contributed by atoms with Gasteiger partial charge in [0.15, 0.2) is 0 Å². The third-order valence-electron chi connectivity index (χ3n) is 5.18. The number of nitrogens with zero attached hydrogens (tertiary/aromatic N) is 1. The molecule has 0 aromatic heterocycles. The summed E-state index contributed by atoms with van der Waals surface area (Å²) in [5, 5.41) is 2.91. The van der Waals surface area contributed by atoms with Gasteiger partial charge < -0.3 is 14.8 Å². The lowest BCUT2D eigenvalue weighted by atomic mass is 10.1. The number of fused-ring (bicyclic) bond motifs is 1. The average molecular weight is 402 g/mol. The van der Waals surface area contributed by atoms with E-state index in [4.69, 9.17) is 9.47 Å². The molecule has 0 saturated carbocycles. The van der Waals surface area contributed by atoms with Gasteiger partial charge in [0, 0.05) is 23.7 Å². The van der Waals surface area contributed by atoms with Crippen molar-refractivity contribution in [1.82, 2.24) is 0 Å². The van der Waals surface area contributed by atoms with Gasteiger partial charge in [-0.15, -0.1) is 0 Å². The van der Waals surface area contributed by atoms with E-state index in [2.05, 4.69) is 5.32 Å². The Labute approximate surface area is 175 Å². The van der Waals surface area contributed by atoms with E-state index in [0.717, 1.165) is 11.3 Å². The minimum atomic E-state index is -0.675. The molecule has 3 aromatic carbocycles. The third-order valence-corrected chi connectivity index (χ3v) is 5.18. The fourth-order valence-electron chi connectivity index (χ4n) is 3.69. The molecule has 0 fully saturated rings. The molecule has 0 unspecified atom stereocenters. The fraction of sp³-hybridized carbons (Fsp3) is 0.167. The van der Waals surface area contributed by atoms with Crippen LogP contribution in [0.4, 0.5) is 11.4 Å². The number of amides is 2. The highest BCUT2D eigenvalue weighted by molar-refractivity contribution is 6.13. The number of ether oxygens (including phenoxy) is 2. The van der Waals surface area contributed by atoms with Crippen LogP contribution in [0.15, 0.2) is 72.8 Å². The Bertz CT molecular complexity index is 1080. The minimum Gasteiger partial charge on any atom is -0.497 e. The average Bonchev–Trinajstić information content (AvgIpc) is 3.19. The molecular formula is C24H22N2O4. The Morgan fingerprint density at radius 2 is 1.67 bits per heavy atom. The quantitative estimate of drug-likeness (QED) is 0.703. The van der Waals surface area contributed by atoms with Crippen molar-refractivity contribution in [3.05, 3.63) is 83.9 Å². The van der Waals surface area contributed by atoms with Crippen molar-refractivity contribution >= 4 is 23.2 Å². The second kappa shape index (κ2) is 8.29. The highest BCUT2D eigenvalue weighted by Gasteiger charge is 2.38. The first-order valence-corrected chi connectivity index (χ1v) is 9.61. The number of carbonyl (C=O) groups is 2. The van der Waals surface area contributed by atoms with E-state index in [1.807, 2.05) is 42.5 Å². The third kappa shape index (κ3) is 3.59. The predicted octanol–water partition coefficient (Wildman–Crippen LogP) is 3.91. The molecule has 0 bridgehead atoms. The largest absolute Gasteiger partial charge is 0.497 e. The highest BCUT2D eigenvalue weighted by Crippen LogP contribution is 2.35. The first kappa shape index (κ1) is 19.5. The SMILES string of the molecule is COc1ccc(OC)c(NC(=O)[C@H]2Cc3ccccc3N2C(=O)c2ccccc2)c1. The maximum absolute atomic E-state index is 13.3. The molecule has 1 N–H and O–H groups in total. The van der Waals surface area contributed by atoms with Gasteiger partial charge in [-0.3, -0.25) is 14.5 Å². The Morgan fingerprint density at radius 3 is 2.40 bits per heavy atom. The number of rotatable bonds is 5. The van der Waals surface area contributed by atoms with E-state index >= 15 is 0 Å². The lowest BCUT2D eigenvalue weighted by Crippen LogP contribution is -2.45. The zero-order valence-corrected chi connectivity index (χ0v) is 16.8. The molecule has 6 nitrogen and oxygen atoms in total. The summed E-state index contributed by atoms with van der Waals surface area (Å²) in [7, 11) is 3.09. The lowest BCUT2D eigenvalue weighted by molar-refractivity contribution is -0.117. The van der Waals surface area contributed by atoms with Crippen molar-refractivity contribution in [2.24, 2.45) is 0 Å². The summed E-state index contributed by atoms with van der Waals surface area (Å²) in [6, 6.07) is 21.1. The predicted molar refractivity (Wildman–Crippen MR) is 115 cm³/mol. The highest BCUT2D eigenvalue weighted by atomic mass is 16.5. The Kier molecular flexibility index (Phi) is 5.39. The van der Waals surface area contributed by atoms with E-state index in [9.17, 15) is 9.59 Å². The van der Waals surface area contributed by atoms with Crippen LogP contribution in [0.1, 0.15) is 15.9 Å². The molecule has 0 saturated heterocycles. The standard InChI is InChI=1S/C24H22N2O4/c1-29-18-12-13-22(30-2)19(15-18)25-23(27)21-14-17-10-6-7-11-20(17)26(21)24(28)16-8-4-3-5-9-16/h3-13,15,21H,14H2,1-2H3,(H,25,27)/t21-/m1/s1. The first-order valence-electron chi connectivity index (χ1n) is 9.61. The number of hydrogen-bond acceptors (Lipinski definition) is 4. The number of benzene rings is 3. The van der Waals surface area contributed by atoms with Crippen molar-refractivity contribution in [1.29, 1.82) is 0 Å². The minimum absolute atomic E-state index is 0.210. The van der Waals surface area contributed by atoms with Gasteiger partial charge in [0.1, 0.15) is 17.5 Å². The summed E-state index contributed by atoms with van der Waals surface area (Å²) in [5.41, 5.74) is 2.74. The molecule has 1 aliphatic rings. The van der Waals surface area contributed by atoms with Crippen molar-refractivity contribution in [2.45, 2.75) is 12.5 Å². The number of carbonyl (C=O) groups excluding carboxylic acids is 2. The Balaban J connectivity index is 1.67. The molecule has 30 heavy (non-hydrogen) atoms. The number of anilines is 2. The van der Waals surface area contributed by atoms with Gasteiger partial charge in [-0.25, -0.2) is 0 Å². The van der Waals surface area contributed by atoms with Crippen LogP contribution in [-0.2, 0) is 11.2 Å². The summed E-state index contributed by atoms with van der Waals surface area (Å²) in [6.07, 6.45) is 0.437. The van der Waals surface area contributed by atoms with Gasteiger partial charge in [0.2, 0.25) is 5.91 Å². The van der Waals surface area contributed by atoms with Crippen LogP contribution >= 0.6 is 0 Å². The van der Waals surface area contributed by atoms with Crippen molar-refractivity contribution in [3.63, 3.8) is 0 Å². The second-order valence-corrected chi connectivity index (χ2v) is 6.95. The van der Waals surface area contributed by atoms with Gasteiger partial charge in [-0.1, -0.05) is 36.4 Å². The van der Waals surface area contributed by atoms with Crippen LogP contribution in [0.5, 0.6) is 11.5 Å². The molecule has 4 rings (SSSR count). The van der Waals surface area contributed by atoms with Gasteiger partial charge in [0.05, 0.1) is 19.9 Å². The molecule has 0 spiro atoms. The Hall–Kier alpha value is -3.80. The smallest absolute Gasteiger partial charge is 0.259 e. The van der Waals surface area contributed by atoms with Crippen LogP contribution in [0.2, 0.25) is 0 Å². The monoisotopic (exact) mass is 402 g/mol. The van der Waals surface area contributed by atoms with Crippen LogP contribution in [0, 0.1) is 0 Å². The molecule has 0 aliphatic carbocycles. The second-order valence-electron chi connectivity index (χ2n) is 6.95.